The van der Waals surface area contributed by atoms with Gasteiger partial charge in [-0.3, -0.25) is 10.1 Å². The van der Waals surface area contributed by atoms with Gasteiger partial charge in [0.15, 0.2) is 0 Å². The van der Waals surface area contributed by atoms with Gasteiger partial charge in [0.25, 0.3) is 0 Å². The summed E-state index contributed by atoms with van der Waals surface area (Å²) < 4.78 is 13.3. The van der Waals surface area contributed by atoms with Crippen LogP contribution in [0.5, 0.6) is 0 Å². The Morgan fingerprint density at radius 2 is 2.22 bits per heavy atom. The Kier molecular flexibility index (Phi) is 5.81. The Morgan fingerprint density at radius 3 is 2.83 bits per heavy atom. The molecule has 0 bridgehead atoms. The van der Waals surface area contributed by atoms with Crippen LogP contribution in [0.15, 0.2) is 18.2 Å². The SMILES string of the molecule is C#CCCCCNCc1ccc([N+](=O)[O-])c(F)c1. The molecule has 0 amide bonds. The zero-order valence-corrected chi connectivity index (χ0v) is 9.99. The lowest BCUT2D eigenvalue weighted by molar-refractivity contribution is -0.387. The molecule has 0 unspecified atom stereocenters. The van der Waals surface area contributed by atoms with Crippen molar-refractivity contribution in [3.05, 3.63) is 39.7 Å². The van der Waals surface area contributed by atoms with Crippen molar-refractivity contribution in [1.29, 1.82) is 0 Å². The molecule has 0 radical (unpaired) electrons. The fourth-order valence-electron chi connectivity index (χ4n) is 1.52. The Bertz CT molecular complexity index is 455. The van der Waals surface area contributed by atoms with Crippen LogP contribution in [-0.2, 0) is 6.54 Å². The molecule has 0 aliphatic carbocycles. The van der Waals surface area contributed by atoms with Crippen molar-refractivity contribution >= 4 is 5.69 Å². The van der Waals surface area contributed by atoms with Gasteiger partial charge in [-0.25, -0.2) is 0 Å². The molecule has 0 atom stereocenters. The number of unbranched alkanes of at least 4 members (excludes halogenated alkanes) is 2. The zero-order chi connectivity index (χ0) is 13.4. The number of nitrogens with zero attached hydrogens (tertiary/aromatic N) is 1. The number of halogens is 1. The van der Waals surface area contributed by atoms with Crippen molar-refractivity contribution in [2.45, 2.75) is 25.8 Å². The van der Waals surface area contributed by atoms with E-state index in [1.807, 2.05) is 0 Å². The zero-order valence-electron chi connectivity index (χ0n) is 9.99. The first-order valence-corrected chi connectivity index (χ1v) is 5.72. The molecule has 0 saturated heterocycles. The van der Waals surface area contributed by atoms with Crippen molar-refractivity contribution < 1.29 is 9.31 Å². The van der Waals surface area contributed by atoms with Gasteiger partial charge >= 0.3 is 5.69 Å². The van der Waals surface area contributed by atoms with Gasteiger partial charge in [-0.05, 0) is 31.0 Å². The number of nitrogens with one attached hydrogen (secondary N) is 1. The van der Waals surface area contributed by atoms with Crippen LogP contribution in [0.4, 0.5) is 10.1 Å². The Hall–Kier alpha value is -1.93. The van der Waals surface area contributed by atoms with Crippen LogP contribution in [0.1, 0.15) is 24.8 Å². The van der Waals surface area contributed by atoms with Gasteiger partial charge in [-0.1, -0.05) is 6.07 Å². The summed E-state index contributed by atoms with van der Waals surface area (Å²) in [6.45, 7) is 1.28. The van der Waals surface area contributed by atoms with Crippen LogP contribution in [-0.4, -0.2) is 11.5 Å². The molecule has 0 aromatic heterocycles. The highest BCUT2D eigenvalue weighted by Crippen LogP contribution is 2.17. The normalized spacial score (nSPS) is 10.0. The number of rotatable bonds is 7. The minimum atomic E-state index is -0.799. The topological polar surface area (TPSA) is 55.2 Å². The first kappa shape index (κ1) is 14.1. The van der Waals surface area contributed by atoms with E-state index in [1.54, 1.807) is 6.07 Å². The van der Waals surface area contributed by atoms with E-state index in [0.29, 0.717) is 12.1 Å². The lowest BCUT2D eigenvalue weighted by Crippen LogP contribution is -2.14. The van der Waals surface area contributed by atoms with E-state index in [2.05, 4.69) is 11.2 Å². The number of benzene rings is 1. The van der Waals surface area contributed by atoms with Crippen LogP contribution in [0.2, 0.25) is 0 Å². The molecule has 1 aromatic rings. The van der Waals surface area contributed by atoms with Crippen molar-refractivity contribution in [2.24, 2.45) is 0 Å². The highest BCUT2D eigenvalue weighted by atomic mass is 19.1. The smallest absolute Gasteiger partial charge is 0.304 e. The van der Waals surface area contributed by atoms with Crippen LogP contribution in [0.25, 0.3) is 0 Å². The number of terminal acetylenes is 1. The van der Waals surface area contributed by atoms with Gasteiger partial charge in [-0.2, -0.15) is 4.39 Å². The van der Waals surface area contributed by atoms with Gasteiger partial charge < -0.3 is 5.32 Å². The third kappa shape index (κ3) is 4.52. The minimum absolute atomic E-state index is 0.491. The van der Waals surface area contributed by atoms with E-state index in [0.717, 1.165) is 25.8 Å². The third-order valence-electron chi connectivity index (χ3n) is 2.46. The fraction of sp³-hybridized carbons (Fsp3) is 0.385. The summed E-state index contributed by atoms with van der Waals surface area (Å²) in [5.41, 5.74) is 0.197. The standard InChI is InChI=1S/C13H15FN2O2/c1-2-3-4-5-8-15-10-11-6-7-13(16(17)18)12(14)9-11/h1,6-7,9,15H,3-5,8,10H2. The van der Waals surface area contributed by atoms with Crippen LogP contribution in [0.3, 0.4) is 0 Å². The quantitative estimate of drug-likeness (QED) is 0.350. The molecule has 0 spiro atoms. The molecule has 1 N–H and O–H groups in total. The molecular weight excluding hydrogens is 235 g/mol. The average Bonchev–Trinajstić information content (AvgIpc) is 2.33. The van der Waals surface area contributed by atoms with Crippen molar-refractivity contribution in [1.82, 2.24) is 5.32 Å². The predicted molar refractivity (Wildman–Crippen MR) is 67.4 cm³/mol. The number of hydrogen-bond acceptors (Lipinski definition) is 3. The molecule has 0 aliphatic rings. The Balaban J connectivity index is 2.38. The summed E-state index contributed by atoms with van der Waals surface area (Å²) >= 11 is 0. The van der Waals surface area contributed by atoms with Gasteiger partial charge in [0.1, 0.15) is 0 Å². The highest BCUT2D eigenvalue weighted by Gasteiger charge is 2.13. The van der Waals surface area contributed by atoms with Gasteiger partial charge in [0.05, 0.1) is 4.92 Å². The van der Waals surface area contributed by atoms with E-state index in [9.17, 15) is 14.5 Å². The molecule has 0 aliphatic heterocycles. The third-order valence-corrected chi connectivity index (χ3v) is 2.46. The molecule has 5 heteroatoms. The van der Waals surface area contributed by atoms with Gasteiger partial charge in [0.2, 0.25) is 5.82 Å². The molecule has 1 aromatic carbocycles. The van der Waals surface area contributed by atoms with E-state index < -0.39 is 16.4 Å². The maximum atomic E-state index is 13.3. The van der Waals surface area contributed by atoms with Crippen molar-refractivity contribution in [2.75, 3.05) is 6.54 Å². The van der Waals surface area contributed by atoms with E-state index in [4.69, 9.17) is 6.42 Å². The molecule has 0 fully saturated rings. The number of nitro benzene ring substituents is 1. The van der Waals surface area contributed by atoms with Crippen molar-refractivity contribution in [3.63, 3.8) is 0 Å². The van der Waals surface area contributed by atoms with E-state index >= 15 is 0 Å². The van der Waals surface area contributed by atoms with E-state index in [-0.39, 0.29) is 0 Å². The maximum absolute atomic E-state index is 13.3. The molecule has 0 saturated carbocycles. The number of hydrogen-bond donors (Lipinski definition) is 1. The summed E-state index contributed by atoms with van der Waals surface area (Å²) in [5.74, 6) is 1.76. The lowest BCUT2D eigenvalue weighted by atomic mass is 10.2. The lowest BCUT2D eigenvalue weighted by Gasteiger charge is -2.04. The first-order chi connectivity index (χ1) is 8.65. The predicted octanol–water partition coefficient (Wildman–Crippen LogP) is 2.63. The van der Waals surface area contributed by atoms with Crippen LogP contribution >= 0.6 is 0 Å². The van der Waals surface area contributed by atoms with Gasteiger partial charge in [0, 0.05) is 19.0 Å². The van der Waals surface area contributed by atoms with Crippen LogP contribution in [0, 0.1) is 28.3 Å². The molecule has 4 nitrogen and oxygen atoms in total. The average molecular weight is 250 g/mol. The molecule has 0 heterocycles. The molecule has 18 heavy (non-hydrogen) atoms. The fourth-order valence-corrected chi connectivity index (χ4v) is 1.52. The van der Waals surface area contributed by atoms with E-state index in [1.165, 1.54) is 12.1 Å². The Labute approximate surface area is 105 Å². The summed E-state index contributed by atoms with van der Waals surface area (Å²) in [7, 11) is 0. The largest absolute Gasteiger partial charge is 0.313 e. The Morgan fingerprint density at radius 1 is 1.44 bits per heavy atom. The molecule has 96 valence electrons. The maximum Gasteiger partial charge on any atom is 0.304 e. The summed E-state index contributed by atoms with van der Waals surface area (Å²) in [6, 6.07) is 3.92. The summed E-state index contributed by atoms with van der Waals surface area (Å²) in [5, 5.41) is 13.6. The second-order valence-electron chi connectivity index (χ2n) is 3.88. The van der Waals surface area contributed by atoms with Gasteiger partial charge in [-0.15, -0.1) is 12.3 Å². The number of nitro groups is 1. The second kappa shape index (κ2) is 7.41. The molecular formula is C13H15FN2O2. The summed E-state index contributed by atoms with van der Waals surface area (Å²) in [4.78, 5) is 9.70. The summed E-state index contributed by atoms with van der Waals surface area (Å²) in [6.07, 6.45) is 7.79. The monoisotopic (exact) mass is 250 g/mol. The minimum Gasteiger partial charge on any atom is -0.313 e. The first-order valence-electron chi connectivity index (χ1n) is 5.72. The highest BCUT2D eigenvalue weighted by molar-refractivity contribution is 5.34. The van der Waals surface area contributed by atoms with Crippen LogP contribution < -0.4 is 5.32 Å². The second-order valence-corrected chi connectivity index (χ2v) is 3.88. The van der Waals surface area contributed by atoms with Crippen molar-refractivity contribution in [3.8, 4) is 12.3 Å². The molecule has 1 rings (SSSR count).